The Labute approximate surface area is 98.7 Å². The Hall–Kier alpha value is -2.24. The Morgan fingerprint density at radius 2 is 2.06 bits per heavy atom. The summed E-state index contributed by atoms with van der Waals surface area (Å²) in [7, 11) is 0. The van der Waals surface area contributed by atoms with Crippen molar-refractivity contribution in [2.45, 2.75) is 6.92 Å². The minimum Gasteiger partial charge on any atom is -0.448 e. The molecule has 0 aliphatic carbocycles. The first-order valence-electron chi connectivity index (χ1n) is 5.03. The van der Waals surface area contributed by atoms with E-state index in [1.165, 1.54) is 0 Å². The molecule has 92 valence electrons. The third kappa shape index (κ3) is 4.87. The first kappa shape index (κ1) is 12.8. The van der Waals surface area contributed by atoms with Gasteiger partial charge in [-0.2, -0.15) is 0 Å². The lowest BCUT2D eigenvalue weighted by atomic mass is 10.2. The second kappa shape index (κ2) is 6.37. The fourth-order valence-electron chi connectivity index (χ4n) is 1.11. The van der Waals surface area contributed by atoms with Gasteiger partial charge in [0.05, 0.1) is 6.54 Å². The minimum absolute atomic E-state index is 0.0121. The van der Waals surface area contributed by atoms with E-state index in [-0.39, 0.29) is 13.2 Å². The van der Waals surface area contributed by atoms with Crippen molar-refractivity contribution < 1.29 is 19.1 Å². The lowest BCUT2D eigenvalue weighted by Crippen LogP contribution is -2.31. The van der Waals surface area contributed by atoms with Gasteiger partial charge < -0.3 is 20.5 Å². The van der Waals surface area contributed by atoms with Crippen molar-refractivity contribution in [1.82, 2.24) is 5.32 Å². The predicted molar refractivity (Wildman–Crippen MR) is 60.7 cm³/mol. The molecule has 6 heteroatoms. The number of nitrogens with one attached hydrogen (secondary N) is 1. The predicted octanol–water partition coefficient (Wildman–Crippen LogP) is 1.18. The molecule has 0 fully saturated rings. The Kier molecular flexibility index (Phi) is 4.80. The Balaban J connectivity index is 2.30. The zero-order chi connectivity index (χ0) is 12.7. The fraction of sp³-hybridized carbons (Fsp3) is 0.273. The highest BCUT2D eigenvalue weighted by Gasteiger charge is 2.05. The molecule has 6 nitrogen and oxygen atoms in total. The number of benzene rings is 1. The van der Waals surface area contributed by atoms with Gasteiger partial charge in [-0.3, -0.25) is 0 Å². The van der Waals surface area contributed by atoms with Gasteiger partial charge in [0, 0.05) is 0 Å². The Morgan fingerprint density at radius 3 is 2.71 bits per heavy atom. The third-order valence-corrected chi connectivity index (χ3v) is 1.91. The van der Waals surface area contributed by atoms with Gasteiger partial charge in [-0.15, -0.1) is 0 Å². The quantitative estimate of drug-likeness (QED) is 0.770. The smallest absolute Gasteiger partial charge is 0.412 e. The number of rotatable bonds is 4. The number of hydrogen-bond donors (Lipinski definition) is 2. The molecule has 0 spiro atoms. The van der Waals surface area contributed by atoms with Crippen LogP contribution in [0.25, 0.3) is 0 Å². The molecule has 1 aromatic carbocycles. The van der Waals surface area contributed by atoms with Crippen LogP contribution in [0.1, 0.15) is 5.56 Å². The Bertz CT molecular complexity index is 406. The highest BCUT2D eigenvalue weighted by atomic mass is 16.6. The molecule has 1 aromatic rings. The van der Waals surface area contributed by atoms with Crippen LogP contribution in [0.3, 0.4) is 0 Å². The van der Waals surface area contributed by atoms with Crippen LogP contribution in [0.5, 0.6) is 5.75 Å². The molecular formula is C11H14N2O4. The Morgan fingerprint density at radius 1 is 1.35 bits per heavy atom. The molecule has 0 bridgehead atoms. The number of amides is 2. The highest BCUT2D eigenvalue weighted by molar-refractivity contribution is 5.70. The van der Waals surface area contributed by atoms with Gasteiger partial charge in [-0.1, -0.05) is 18.2 Å². The van der Waals surface area contributed by atoms with Crippen LogP contribution in [-0.2, 0) is 4.74 Å². The number of para-hydroxylation sites is 1. The van der Waals surface area contributed by atoms with Gasteiger partial charge in [0.1, 0.15) is 12.4 Å². The van der Waals surface area contributed by atoms with Crippen molar-refractivity contribution in [3.63, 3.8) is 0 Å². The molecule has 0 saturated carbocycles. The zero-order valence-electron chi connectivity index (χ0n) is 9.43. The summed E-state index contributed by atoms with van der Waals surface area (Å²) in [4.78, 5) is 21.5. The van der Waals surface area contributed by atoms with Crippen molar-refractivity contribution in [2.75, 3.05) is 13.2 Å². The summed E-state index contributed by atoms with van der Waals surface area (Å²) in [5.41, 5.74) is 5.61. The van der Waals surface area contributed by atoms with E-state index in [2.05, 4.69) is 10.1 Å². The summed E-state index contributed by atoms with van der Waals surface area (Å²) < 4.78 is 9.47. The van der Waals surface area contributed by atoms with Crippen molar-refractivity contribution in [2.24, 2.45) is 5.73 Å². The maximum absolute atomic E-state index is 11.3. The summed E-state index contributed by atoms with van der Waals surface area (Å²) in [6.45, 7) is 1.99. The van der Waals surface area contributed by atoms with Gasteiger partial charge in [-0.25, -0.2) is 9.59 Å². The number of carbonyl (C=O) groups excluding carboxylic acids is 2. The molecule has 0 aliphatic heterocycles. The van der Waals surface area contributed by atoms with Crippen molar-refractivity contribution in [3.05, 3.63) is 29.8 Å². The van der Waals surface area contributed by atoms with Crippen LogP contribution >= 0.6 is 0 Å². The molecule has 2 amide bonds. The number of primary amides is 1. The molecule has 0 heterocycles. The molecule has 0 radical (unpaired) electrons. The first-order valence-corrected chi connectivity index (χ1v) is 5.03. The lowest BCUT2D eigenvalue weighted by Gasteiger charge is -2.08. The van der Waals surface area contributed by atoms with Crippen molar-refractivity contribution in [3.8, 4) is 5.75 Å². The molecule has 0 saturated heterocycles. The standard InChI is InChI=1S/C11H14N2O4/c1-8-4-2-3-5-9(8)17-11(15)13-6-7-16-10(12)14/h2-5H,6-7H2,1H3,(H2,12,14)(H,13,15). The van der Waals surface area contributed by atoms with E-state index in [0.717, 1.165) is 5.56 Å². The van der Waals surface area contributed by atoms with E-state index in [0.29, 0.717) is 5.75 Å². The molecule has 0 aliphatic rings. The zero-order valence-corrected chi connectivity index (χ0v) is 9.43. The van der Waals surface area contributed by atoms with Crippen LogP contribution in [0.15, 0.2) is 24.3 Å². The fourth-order valence-corrected chi connectivity index (χ4v) is 1.11. The van der Waals surface area contributed by atoms with E-state index in [1.807, 2.05) is 19.1 Å². The summed E-state index contributed by atoms with van der Waals surface area (Å²) in [5, 5.41) is 2.42. The normalized spacial score (nSPS) is 9.47. The minimum atomic E-state index is -0.876. The number of nitrogens with two attached hydrogens (primary N) is 1. The number of hydrogen-bond acceptors (Lipinski definition) is 4. The third-order valence-electron chi connectivity index (χ3n) is 1.91. The summed E-state index contributed by atoms with van der Waals surface area (Å²) >= 11 is 0. The number of aryl methyl sites for hydroxylation is 1. The van der Waals surface area contributed by atoms with Crippen LogP contribution in [0, 0.1) is 6.92 Å². The molecular weight excluding hydrogens is 224 g/mol. The van der Waals surface area contributed by atoms with Crippen LogP contribution in [0.2, 0.25) is 0 Å². The molecule has 17 heavy (non-hydrogen) atoms. The largest absolute Gasteiger partial charge is 0.448 e. The van der Waals surface area contributed by atoms with E-state index in [4.69, 9.17) is 10.5 Å². The van der Waals surface area contributed by atoms with Gasteiger partial charge >= 0.3 is 12.2 Å². The average Bonchev–Trinajstić information content (AvgIpc) is 2.27. The average molecular weight is 238 g/mol. The molecule has 1 rings (SSSR count). The summed E-state index contributed by atoms with van der Waals surface area (Å²) in [6.07, 6.45) is -1.48. The number of carbonyl (C=O) groups is 2. The molecule has 3 N–H and O–H groups in total. The van der Waals surface area contributed by atoms with E-state index in [9.17, 15) is 9.59 Å². The monoisotopic (exact) mass is 238 g/mol. The van der Waals surface area contributed by atoms with Crippen LogP contribution < -0.4 is 15.8 Å². The molecule has 0 aromatic heterocycles. The lowest BCUT2D eigenvalue weighted by molar-refractivity contribution is 0.154. The van der Waals surface area contributed by atoms with E-state index >= 15 is 0 Å². The van der Waals surface area contributed by atoms with Gasteiger partial charge in [0.2, 0.25) is 0 Å². The molecule has 0 unspecified atom stereocenters. The maximum atomic E-state index is 11.3. The van der Waals surface area contributed by atoms with E-state index < -0.39 is 12.2 Å². The molecule has 0 atom stereocenters. The van der Waals surface area contributed by atoms with Crippen LogP contribution in [-0.4, -0.2) is 25.3 Å². The highest BCUT2D eigenvalue weighted by Crippen LogP contribution is 2.15. The van der Waals surface area contributed by atoms with Gasteiger partial charge in [0.25, 0.3) is 0 Å². The maximum Gasteiger partial charge on any atom is 0.412 e. The van der Waals surface area contributed by atoms with Crippen molar-refractivity contribution >= 4 is 12.2 Å². The second-order valence-corrected chi connectivity index (χ2v) is 3.25. The van der Waals surface area contributed by atoms with E-state index in [1.54, 1.807) is 12.1 Å². The van der Waals surface area contributed by atoms with Gasteiger partial charge in [0.15, 0.2) is 0 Å². The number of ether oxygens (including phenoxy) is 2. The van der Waals surface area contributed by atoms with Gasteiger partial charge in [-0.05, 0) is 18.6 Å². The SMILES string of the molecule is Cc1ccccc1OC(=O)NCCOC(N)=O. The topological polar surface area (TPSA) is 90.7 Å². The first-order chi connectivity index (χ1) is 8.09. The van der Waals surface area contributed by atoms with Crippen LogP contribution in [0.4, 0.5) is 9.59 Å². The van der Waals surface area contributed by atoms with Crippen molar-refractivity contribution in [1.29, 1.82) is 0 Å². The second-order valence-electron chi connectivity index (χ2n) is 3.25. The summed E-state index contributed by atoms with van der Waals surface area (Å²) in [5.74, 6) is 0.487. The summed E-state index contributed by atoms with van der Waals surface area (Å²) in [6, 6.07) is 7.14.